The molecule has 1 N–H and O–H groups in total. The monoisotopic (exact) mass is 290 g/mol. The molecule has 0 aliphatic heterocycles. The Morgan fingerprint density at radius 1 is 0.810 bits per heavy atom. The summed E-state index contributed by atoms with van der Waals surface area (Å²) in [6, 6.07) is 0. The highest BCUT2D eigenvalue weighted by Crippen LogP contribution is 2.69. The Bertz CT molecular complexity index is 432. The van der Waals surface area contributed by atoms with Crippen LogP contribution in [0.1, 0.15) is 85.0 Å². The van der Waals surface area contributed by atoms with Gasteiger partial charge in [-0.1, -0.05) is 27.2 Å². The predicted octanol–water partition coefficient (Wildman–Crippen LogP) is 5.17. The fourth-order valence-corrected chi connectivity index (χ4v) is 7.60. The zero-order chi connectivity index (χ0) is 14.9. The van der Waals surface area contributed by atoms with Gasteiger partial charge in [0.1, 0.15) is 0 Å². The van der Waals surface area contributed by atoms with Gasteiger partial charge in [-0.05, 0) is 91.8 Å². The number of fused-ring (bicyclic) bond motifs is 5. The first-order valence-corrected chi connectivity index (χ1v) is 9.56. The van der Waals surface area contributed by atoms with E-state index in [1.54, 1.807) is 0 Å². The van der Waals surface area contributed by atoms with Crippen molar-refractivity contribution in [1.82, 2.24) is 0 Å². The summed E-state index contributed by atoms with van der Waals surface area (Å²) in [6.45, 7) is 7.71. The molecule has 0 unspecified atom stereocenters. The van der Waals surface area contributed by atoms with E-state index in [0.717, 1.165) is 30.6 Å². The third-order valence-corrected chi connectivity index (χ3v) is 9.13. The van der Waals surface area contributed by atoms with Crippen LogP contribution in [0.15, 0.2) is 0 Å². The molecular weight excluding hydrogens is 256 g/mol. The third kappa shape index (κ3) is 1.85. The molecule has 1 heteroatoms. The summed E-state index contributed by atoms with van der Waals surface area (Å²) in [6.07, 6.45) is 13.6. The quantitative estimate of drug-likeness (QED) is 0.652. The summed E-state index contributed by atoms with van der Waals surface area (Å²) in [5.74, 6) is 2.96. The Labute approximate surface area is 130 Å². The summed E-state index contributed by atoms with van der Waals surface area (Å²) in [7, 11) is 0. The maximum absolute atomic E-state index is 10.2. The maximum atomic E-state index is 10.2. The molecular formula is C20H34O. The molecule has 4 rings (SSSR count). The Hall–Kier alpha value is -0.0400. The van der Waals surface area contributed by atoms with Gasteiger partial charge in [-0.25, -0.2) is 0 Å². The highest BCUT2D eigenvalue weighted by atomic mass is 16.3. The van der Waals surface area contributed by atoms with Crippen molar-refractivity contribution in [2.24, 2.45) is 34.0 Å². The van der Waals surface area contributed by atoms with E-state index < -0.39 is 0 Å². The molecule has 0 amide bonds. The number of aliphatic hydroxyl groups excluding tert-OH is 1. The first-order valence-electron chi connectivity index (χ1n) is 9.56. The van der Waals surface area contributed by atoms with Gasteiger partial charge in [0.2, 0.25) is 0 Å². The van der Waals surface area contributed by atoms with Crippen LogP contribution < -0.4 is 0 Å². The fourth-order valence-electron chi connectivity index (χ4n) is 7.60. The highest BCUT2D eigenvalue weighted by molar-refractivity contribution is 5.11. The molecule has 7 atom stereocenters. The highest BCUT2D eigenvalue weighted by Gasteiger charge is 2.61. The molecule has 4 saturated carbocycles. The van der Waals surface area contributed by atoms with E-state index in [-0.39, 0.29) is 6.10 Å². The zero-order valence-electron chi connectivity index (χ0n) is 14.3. The van der Waals surface area contributed by atoms with Crippen LogP contribution in [-0.2, 0) is 0 Å². The summed E-state index contributed by atoms with van der Waals surface area (Å²) < 4.78 is 0. The molecule has 1 nitrogen and oxygen atoms in total. The molecule has 4 aliphatic rings. The van der Waals surface area contributed by atoms with Crippen molar-refractivity contribution in [3.63, 3.8) is 0 Å². The average Bonchev–Trinajstić information content (AvgIpc) is 2.82. The standard InChI is InChI=1S/C20H34O/c1-18-9-4-5-16(18)15-7-11-19(2)13-14(21)6-12-20(19,3)17(15)8-10-18/h14-17,21H,4-13H2,1-3H3/t14-,15+,16-,17+,18-,19+,20+/m1/s1. The molecule has 0 bridgehead atoms. The van der Waals surface area contributed by atoms with Crippen molar-refractivity contribution in [2.45, 2.75) is 91.1 Å². The second kappa shape index (κ2) is 4.49. The van der Waals surface area contributed by atoms with Crippen molar-refractivity contribution < 1.29 is 5.11 Å². The lowest BCUT2D eigenvalue weighted by atomic mass is 9.40. The van der Waals surface area contributed by atoms with Gasteiger partial charge in [-0.3, -0.25) is 0 Å². The summed E-state index contributed by atoms with van der Waals surface area (Å²) in [5, 5.41) is 10.2. The molecule has 0 aromatic heterocycles. The van der Waals surface area contributed by atoms with Gasteiger partial charge in [0.15, 0.2) is 0 Å². The minimum atomic E-state index is -0.0278. The van der Waals surface area contributed by atoms with E-state index in [9.17, 15) is 5.11 Å². The van der Waals surface area contributed by atoms with Gasteiger partial charge in [0, 0.05) is 0 Å². The van der Waals surface area contributed by atoms with E-state index in [2.05, 4.69) is 20.8 Å². The Morgan fingerprint density at radius 2 is 1.62 bits per heavy atom. The molecule has 4 fully saturated rings. The second-order valence-corrected chi connectivity index (χ2v) is 9.88. The first kappa shape index (κ1) is 14.5. The van der Waals surface area contributed by atoms with E-state index in [0.29, 0.717) is 16.2 Å². The first-order chi connectivity index (χ1) is 9.88. The molecule has 0 aromatic carbocycles. The molecule has 4 aliphatic carbocycles. The van der Waals surface area contributed by atoms with Crippen LogP contribution in [0.5, 0.6) is 0 Å². The number of rotatable bonds is 0. The van der Waals surface area contributed by atoms with Crippen LogP contribution >= 0.6 is 0 Å². The predicted molar refractivity (Wildman–Crippen MR) is 87.0 cm³/mol. The fraction of sp³-hybridized carbons (Fsp3) is 1.00. The van der Waals surface area contributed by atoms with Gasteiger partial charge in [-0.15, -0.1) is 0 Å². The zero-order valence-corrected chi connectivity index (χ0v) is 14.3. The molecule has 0 spiro atoms. The number of aliphatic hydroxyl groups is 1. The summed E-state index contributed by atoms with van der Waals surface area (Å²) >= 11 is 0. The van der Waals surface area contributed by atoms with E-state index in [1.807, 2.05) is 0 Å². The van der Waals surface area contributed by atoms with Crippen molar-refractivity contribution >= 4 is 0 Å². The Morgan fingerprint density at radius 3 is 2.43 bits per heavy atom. The molecule has 21 heavy (non-hydrogen) atoms. The second-order valence-electron chi connectivity index (χ2n) is 9.88. The Kier molecular flexibility index (Phi) is 3.11. The molecule has 0 heterocycles. The minimum absolute atomic E-state index is 0.0278. The molecule has 0 radical (unpaired) electrons. The van der Waals surface area contributed by atoms with Gasteiger partial charge in [0.05, 0.1) is 6.10 Å². The molecule has 120 valence electrons. The van der Waals surface area contributed by atoms with Crippen molar-refractivity contribution in [3.05, 3.63) is 0 Å². The molecule has 0 saturated heterocycles. The van der Waals surface area contributed by atoms with Gasteiger partial charge in [0.25, 0.3) is 0 Å². The van der Waals surface area contributed by atoms with E-state index in [1.165, 1.54) is 51.4 Å². The third-order valence-electron chi connectivity index (χ3n) is 9.13. The topological polar surface area (TPSA) is 20.2 Å². The van der Waals surface area contributed by atoms with Crippen LogP contribution in [0.3, 0.4) is 0 Å². The molecule has 0 aromatic rings. The average molecular weight is 290 g/mol. The number of hydrogen-bond acceptors (Lipinski definition) is 1. The SMILES string of the molecule is C[C@]12CCC[C@@H]1[C@@H]1CC[C@@]3(C)C[C@H](O)CC[C@@]3(C)[C@H]1CC2. The minimum Gasteiger partial charge on any atom is -0.393 e. The Balaban J connectivity index is 1.67. The van der Waals surface area contributed by atoms with Gasteiger partial charge >= 0.3 is 0 Å². The van der Waals surface area contributed by atoms with Crippen molar-refractivity contribution in [3.8, 4) is 0 Å². The van der Waals surface area contributed by atoms with Crippen LogP contribution in [0.2, 0.25) is 0 Å². The smallest absolute Gasteiger partial charge is 0.0545 e. The largest absolute Gasteiger partial charge is 0.393 e. The number of hydrogen-bond donors (Lipinski definition) is 1. The van der Waals surface area contributed by atoms with Crippen LogP contribution in [0, 0.1) is 34.0 Å². The lowest BCUT2D eigenvalue weighted by Gasteiger charge is -2.64. The van der Waals surface area contributed by atoms with Crippen molar-refractivity contribution in [2.75, 3.05) is 0 Å². The summed E-state index contributed by atoms with van der Waals surface area (Å²) in [5.41, 5.74) is 1.58. The van der Waals surface area contributed by atoms with Gasteiger partial charge < -0.3 is 5.11 Å². The van der Waals surface area contributed by atoms with E-state index >= 15 is 0 Å². The lowest BCUT2D eigenvalue weighted by molar-refractivity contribution is -0.166. The summed E-state index contributed by atoms with van der Waals surface area (Å²) in [4.78, 5) is 0. The maximum Gasteiger partial charge on any atom is 0.0545 e. The van der Waals surface area contributed by atoms with E-state index in [4.69, 9.17) is 0 Å². The van der Waals surface area contributed by atoms with Crippen molar-refractivity contribution in [1.29, 1.82) is 0 Å². The normalized spacial score (nSPS) is 60.0. The lowest BCUT2D eigenvalue weighted by Crippen LogP contribution is -2.57. The van der Waals surface area contributed by atoms with Crippen LogP contribution in [0.4, 0.5) is 0 Å². The van der Waals surface area contributed by atoms with Gasteiger partial charge in [-0.2, -0.15) is 0 Å². The van der Waals surface area contributed by atoms with Crippen LogP contribution in [0.25, 0.3) is 0 Å². The van der Waals surface area contributed by atoms with Crippen LogP contribution in [-0.4, -0.2) is 11.2 Å².